The third kappa shape index (κ3) is 4.95. The van der Waals surface area contributed by atoms with Crippen LogP contribution in [0.4, 0.5) is 4.39 Å². The summed E-state index contributed by atoms with van der Waals surface area (Å²) in [5, 5.41) is 2.52. The van der Waals surface area contributed by atoms with Crippen molar-refractivity contribution in [3.8, 4) is 0 Å². The van der Waals surface area contributed by atoms with Gasteiger partial charge in [0.2, 0.25) is 15.9 Å². The van der Waals surface area contributed by atoms with Gasteiger partial charge in [-0.15, -0.1) is 11.3 Å². The molecule has 1 fully saturated rings. The molecule has 190 valence electrons. The first kappa shape index (κ1) is 25.4. The van der Waals surface area contributed by atoms with Crippen LogP contribution >= 0.6 is 22.9 Å². The maximum absolute atomic E-state index is 14.1. The molecule has 0 saturated carbocycles. The van der Waals surface area contributed by atoms with Crippen LogP contribution in [0.2, 0.25) is 5.02 Å². The predicted octanol–water partition coefficient (Wildman–Crippen LogP) is 4.41. The van der Waals surface area contributed by atoms with E-state index in [9.17, 15) is 17.6 Å². The van der Waals surface area contributed by atoms with Crippen molar-refractivity contribution in [2.45, 2.75) is 30.3 Å². The van der Waals surface area contributed by atoms with E-state index in [1.165, 1.54) is 33.4 Å². The van der Waals surface area contributed by atoms with Gasteiger partial charge in [-0.05, 0) is 72.3 Å². The number of hydrogen-bond acceptors (Lipinski definition) is 5. The second-order valence-electron chi connectivity index (χ2n) is 9.24. The predicted molar refractivity (Wildman–Crippen MR) is 139 cm³/mol. The summed E-state index contributed by atoms with van der Waals surface area (Å²) < 4.78 is 41.8. The fourth-order valence-electron chi connectivity index (χ4n) is 5.15. The van der Waals surface area contributed by atoms with Crippen LogP contribution < -0.4 is 0 Å². The number of hydrogen-bond donors (Lipinski definition) is 0. The Hall–Kier alpha value is -2.30. The number of rotatable bonds is 5. The second kappa shape index (κ2) is 10.2. The van der Waals surface area contributed by atoms with Gasteiger partial charge in [0.25, 0.3) is 0 Å². The molecule has 1 saturated heterocycles. The maximum Gasteiger partial charge on any atom is 0.243 e. The van der Waals surface area contributed by atoms with E-state index in [0.29, 0.717) is 24.7 Å². The van der Waals surface area contributed by atoms with Crippen molar-refractivity contribution in [1.29, 1.82) is 0 Å². The Kier molecular flexibility index (Phi) is 7.20. The number of halogens is 2. The summed E-state index contributed by atoms with van der Waals surface area (Å²) in [5.74, 6) is -0.349. The highest BCUT2D eigenvalue weighted by Crippen LogP contribution is 2.38. The molecule has 3 aromatic rings. The van der Waals surface area contributed by atoms with Crippen LogP contribution in [0, 0.1) is 5.82 Å². The molecule has 6 nitrogen and oxygen atoms in total. The van der Waals surface area contributed by atoms with Gasteiger partial charge in [0, 0.05) is 42.1 Å². The van der Waals surface area contributed by atoms with Crippen molar-refractivity contribution >= 4 is 38.9 Å². The molecule has 5 rings (SSSR count). The van der Waals surface area contributed by atoms with Crippen molar-refractivity contribution in [3.63, 3.8) is 0 Å². The number of amides is 1. The fourth-order valence-corrected chi connectivity index (χ4v) is 7.79. The molecule has 2 aliphatic heterocycles. The molecule has 0 N–H and O–H groups in total. The molecular formula is C26H27ClFN3O3S2. The summed E-state index contributed by atoms with van der Waals surface area (Å²) in [4.78, 5) is 18.7. The van der Waals surface area contributed by atoms with Gasteiger partial charge in [0.05, 0.1) is 17.5 Å². The average molecular weight is 548 g/mol. The van der Waals surface area contributed by atoms with E-state index in [2.05, 4.69) is 11.0 Å². The van der Waals surface area contributed by atoms with Gasteiger partial charge < -0.3 is 4.90 Å². The molecule has 1 aromatic heterocycles. The van der Waals surface area contributed by atoms with E-state index in [4.69, 9.17) is 11.6 Å². The zero-order valence-electron chi connectivity index (χ0n) is 19.8. The average Bonchev–Trinajstić information content (AvgIpc) is 3.33. The smallest absolute Gasteiger partial charge is 0.243 e. The lowest BCUT2D eigenvalue weighted by Crippen LogP contribution is -2.57. The van der Waals surface area contributed by atoms with E-state index in [1.54, 1.807) is 34.4 Å². The number of thiophene rings is 1. The van der Waals surface area contributed by atoms with Crippen LogP contribution in [-0.4, -0.2) is 67.2 Å². The van der Waals surface area contributed by atoms with E-state index in [1.807, 2.05) is 18.4 Å². The lowest BCUT2D eigenvalue weighted by molar-refractivity contribution is -0.135. The van der Waals surface area contributed by atoms with Gasteiger partial charge in [-0.25, -0.2) is 12.8 Å². The summed E-state index contributed by atoms with van der Waals surface area (Å²) in [6, 6.07) is 14.2. The highest BCUT2D eigenvalue weighted by atomic mass is 35.5. The summed E-state index contributed by atoms with van der Waals surface area (Å²) >= 11 is 7.61. The third-order valence-electron chi connectivity index (χ3n) is 6.91. The van der Waals surface area contributed by atoms with Gasteiger partial charge in [-0.1, -0.05) is 23.7 Å². The Morgan fingerprint density at radius 2 is 1.89 bits per heavy atom. The number of fused-ring (bicyclic) bond motifs is 1. The minimum absolute atomic E-state index is 0.0505. The Labute approximate surface area is 219 Å². The van der Waals surface area contributed by atoms with Gasteiger partial charge >= 0.3 is 0 Å². The Bertz CT molecular complexity index is 1360. The van der Waals surface area contributed by atoms with E-state index >= 15 is 0 Å². The molecule has 3 heterocycles. The van der Waals surface area contributed by atoms with Gasteiger partial charge in [-0.3, -0.25) is 9.69 Å². The van der Waals surface area contributed by atoms with E-state index in [-0.39, 0.29) is 41.8 Å². The van der Waals surface area contributed by atoms with Crippen molar-refractivity contribution in [2.24, 2.45) is 0 Å². The van der Waals surface area contributed by atoms with Crippen LogP contribution in [0.25, 0.3) is 0 Å². The lowest BCUT2D eigenvalue weighted by atomic mass is 9.93. The first-order valence-electron chi connectivity index (χ1n) is 11.8. The molecule has 0 bridgehead atoms. The van der Waals surface area contributed by atoms with E-state index < -0.39 is 10.0 Å². The minimum Gasteiger partial charge on any atom is -0.339 e. The van der Waals surface area contributed by atoms with Crippen LogP contribution in [0.1, 0.15) is 29.0 Å². The molecular weight excluding hydrogens is 521 g/mol. The van der Waals surface area contributed by atoms with Gasteiger partial charge in [0.15, 0.2) is 0 Å². The number of piperazine rings is 1. The molecule has 2 atom stereocenters. The largest absolute Gasteiger partial charge is 0.339 e. The lowest BCUT2D eigenvalue weighted by Gasteiger charge is -2.41. The molecule has 0 unspecified atom stereocenters. The maximum atomic E-state index is 14.1. The summed E-state index contributed by atoms with van der Waals surface area (Å²) in [6.07, 6.45) is 0.843. The molecule has 2 aromatic carbocycles. The van der Waals surface area contributed by atoms with Crippen molar-refractivity contribution in [3.05, 3.63) is 86.8 Å². The standard InChI is InChI=1S/C26H27ClFN3O3S2/c1-18-16-29(12-13-31(18)36(33,34)22-7-5-20(27)6-8-22)25(32)17-30-11-9-24-23(10-14-35-24)26(30)19-3-2-4-21(28)15-19/h2-8,10,14-15,18,26H,9,11-13,16-17H2,1H3/t18-,26+/m1/s1. The normalized spacial score (nSPS) is 21.4. The van der Waals surface area contributed by atoms with Crippen molar-refractivity contribution < 1.29 is 17.6 Å². The van der Waals surface area contributed by atoms with Crippen LogP contribution in [0.5, 0.6) is 0 Å². The van der Waals surface area contributed by atoms with Gasteiger partial charge in [0.1, 0.15) is 5.82 Å². The van der Waals surface area contributed by atoms with Gasteiger partial charge in [-0.2, -0.15) is 4.31 Å². The zero-order valence-corrected chi connectivity index (χ0v) is 22.2. The molecule has 0 aliphatic carbocycles. The second-order valence-corrected chi connectivity index (χ2v) is 12.6. The minimum atomic E-state index is -3.69. The van der Waals surface area contributed by atoms with Crippen LogP contribution in [0.3, 0.4) is 0 Å². The summed E-state index contributed by atoms with van der Waals surface area (Å²) in [5.41, 5.74) is 1.95. The first-order valence-corrected chi connectivity index (χ1v) is 14.5. The van der Waals surface area contributed by atoms with Crippen molar-refractivity contribution in [1.82, 2.24) is 14.1 Å². The number of carbonyl (C=O) groups is 1. The van der Waals surface area contributed by atoms with E-state index in [0.717, 1.165) is 17.5 Å². The highest BCUT2D eigenvalue weighted by molar-refractivity contribution is 7.89. The molecule has 10 heteroatoms. The molecule has 2 aliphatic rings. The summed E-state index contributed by atoms with van der Waals surface area (Å²) in [6.45, 7) is 3.56. The fraction of sp³-hybridized carbons (Fsp3) is 0.346. The van der Waals surface area contributed by atoms with Crippen molar-refractivity contribution in [2.75, 3.05) is 32.7 Å². The quantitative estimate of drug-likeness (QED) is 0.475. The van der Waals surface area contributed by atoms with Crippen LogP contribution in [-0.2, 0) is 21.2 Å². The Morgan fingerprint density at radius 1 is 1.11 bits per heavy atom. The number of benzene rings is 2. The SMILES string of the molecule is C[C@@H]1CN(C(=O)CN2CCc3sccc3[C@@H]2c2cccc(F)c2)CCN1S(=O)(=O)c1ccc(Cl)cc1. The first-order chi connectivity index (χ1) is 17.2. The zero-order chi connectivity index (χ0) is 25.4. The number of sulfonamides is 1. The Balaban J connectivity index is 1.30. The summed E-state index contributed by atoms with van der Waals surface area (Å²) in [7, 11) is -3.69. The van der Waals surface area contributed by atoms with Crippen LogP contribution in [0.15, 0.2) is 64.9 Å². The molecule has 36 heavy (non-hydrogen) atoms. The number of carbonyl (C=O) groups excluding carboxylic acids is 1. The highest BCUT2D eigenvalue weighted by Gasteiger charge is 2.37. The molecule has 1 amide bonds. The number of nitrogens with zero attached hydrogens (tertiary/aromatic N) is 3. The molecule has 0 spiro atoms. The third-order valence-corrected chi connectivity index (χ3v) is 10.2. The molecule has 0 radical (unpaired) electrons. The monoisotopic (exact) mass is 547 g/mol. The Morgan fingerprint density at radius 3 is 2.61 bits per heavy atom. The topological polar surface area (TPSA) is 60.9 Å².